The number of carbonyl (C=O) groups excluding carboxylic acids is 1. The predicted octanol–water partition coefficient (Wildman–Crippen LogP) is 6.94. The van der Waals surface area contributed by atoms with Gasteiger partial charge in [0, 0.05) is 5.56 Å². The lowest BCUT2D eigenvalue weighted by atomic mass is 9.77. The first-order valence-corrected chi connectivity index (χ1v) is 11.5. The summed E-state index contributed by atoms with van der Waals surface area (Å²) in [7, 11) is 0. The highest BCUT2D eigenvalue weighted by Gasteiger charge is 2.23. The molecule has 0 heterocycles. The van der Waals surface area contributed by atoms with Crippen LogP contribution in [-0.4, -0.2) is 17.7 Å². The monoisotopic (exact) mass is 442 g/mol. The van der Waals surface area contributed by atoms with E-state index < -0.39 is 18.4 Å². The highest BCUT2D eigenvalue weighted by atomic mass is 19.1. The highest BCUT2D eigenvalue weighted by Crippen LogP contribution is 2.39. The van der Waals surface area contributed by atoms with E-state index in [-0.39, 0.29) is 17.1 Å². The number of hydrogen-bond donors (Lipinski definition) is 1. The minimum absolute atomic E-state index is 0.176. The molecular formula is C27H32F2O3. The zero-order valence-electron chi connectivity index (χ0n) is 18.7. The van der Waals surface area contributed by atoms with Gasteiger partial charge in [0.15, 0.2) is 11.6 Å². The second-order valence-electron chi connectivity index (χ2n) is 8.75. The zero-order chi connectivity index (χ0) is 23.1. The molecule has 2 aromatic rings. The number of rotatable bonds is 9. The maximum Gasteiger partial charge on any atom is 0.341 e. The smallest absolute Gasteiger partial charge is 0.341 e. The molecule has 1 N–H and O–H groups in total. The van der Waals surface area contributed by atoms with Gasteiger partial charge in [-0.2, -0.15) is 0 Å². The van der Waals surface area contributed by atoms with Crippen molar-refractivity contribution in [3.63, 3.8) is 0 Å². The molecule has 0 bridgehead atoms. The molecule has 1 saturated carbocycles. The number of aliphatic hydroxyl groups excluding tert-OH is 1. The lowest BCUT2D eigenvalue weighted by molar-refractivity contribution is -0.130. The van der Waals surface area contributed by atoms with E-state index >= 15 is 0 Å². The summed E-state index contributed by atoms with van der Waals surface area (Å²) in [6.07, 6.45) is 9.73. The van der Waals surface area contributed by atoms with E-state index in [0.717, 1.165) is 30.4 Å². The Morgan fingerprint density at radius 2 is 1.81 bits per heavy atom. The summed E-state index contributed by atoms with van der Waals surface area (Å²) in [5, 5.41) is 8.91. The van der Waals surface area contributed by atoms with Crippen LogP contribution in [0, 0.1) is 17.6 Å². The van der Waals surface area contributed by atoms with Crippen molar-refractivity contribution < 1.29 is 23.4 Å². The Bertz CT molecular complexity index is 946. The molecule has 32 heavy (non-hydrogen) atoms. The molecular weight excluding hydrogens is 410 g/mol. The van der Waals surface area contributed by atoms with Gasteiger partial charge in [0.1, 0.15) is 5.82 Å². The summed E-state index contributed by atoms with van der Waals surface area (Å²) in [6.45, 7) is 5.00. The van der Waals surface area contributed by atoms with E-state index in [9.17, 15) is 13.6 Å². The third-order valence-electron chi connectivity index (χ3n) is 6.45. The van der Waals surface area contributed by atoms with Crippen molar-refractivity contribution in [2.24, 2.45) is 5.92 Å². The van der Waals surface area contributed by atoms with Crippen LogP contribution in [0.3, 0.4) is 0 Å². The van der Waals surface area contributed by atoms with Crippen LogP contribution in [0.4, 0.5) is 8.78 Å². The molecule has 0 amide bonds. The van der Waals surface area contributed by atoms with E-state index in [1.807, 2.05) is 6.07 Å². The van der Waals surface area contributed by atoms with Crippen LogP contribution in [0.25, 0.3) is 11.1 Å². The summed E-state index contributed by atoms with van der Waals surface area (Å²) < 4.78 is 34.2. The van der Waals surface area contributed by atoms with Gasteiger partial charge in [-0.3, -0.25) is 0 Å². The van der Waals surface area contributed by atoms with Gasteiger partial charge in [-0.15, -0.1) is 0 Å². The second kappa shape index (κ2) is 11.4. The summed E-state index contributed by atoms with van der Waals surface area (Å²) in [6, 6.07) is 9.15. The molecule has 172 valence electrons. The molecule has 1 aliphatic rings. The number of benzene rings is 2. The topological polar surface area (TPSA) is 46.5 Å². The fourth-order valence-electron chi connectivity index (χ4n) is 4.47. The Balaban J connectivity index is 1.66. The first-order chi connectivity index (χ1) is 15.4. The fraction of sp³-hybridized carbons (Fsp3) is 0.444. The molecule has 0 saturated heterocycles. The second-order valence-corrected chi connectivity index (χ2v) is 8.75. The number of hydrogen-bond acceptors (Lipinski definition) is 3. The SMILES string of the molecule is C=C(CO)C(=O)Oc1ccc(-c2ccc(C3CCC(CCCCC)CC3)cc2F)cc1F. The molecule has 0 radical (unpaired) electrons. The van der Waals surface area contributed by atoms with Crippen molar-refractivity contribution in [2.45, 2.75) is 64.2 Å². The van der Waals surface area contributed by atoms with Crippen LogP contribution in [0.1, 0.15) is 69.8 Å². The van der Waals surface area contributed by atoms with Gasteiger partial charge < -0.3 is 9.84 Å². The van der Waals surface area contributed by atoms with Crippen LogP contribution in [-0.2, 0) is 4.79 Å². The quantitative estimate of drug-likeness (QED) is 0.198. The Kier molecular flexibility index (Phi) is 8.57. The lowest BCUT2D eigenvalue weighted by Crippen LogP contribution is -2.14. The van der Waals surface area contributed by atoms with Gasteiger partial charge >= 0.3 is 5.97 Å². The number of esters is 1. The molecule has 3 rings (SSSR count). The highest BCUT2D eigenvalue weighted by molar-refractivity contribution is 5.89. The first-order valence-electron chi connectivity index (χ1n) is 11.5. The number of aliphatic hydroxyl groups is 1. The summed E-state index contributed by atoms with van der Waals surface area (Å²) >= 11 is 0. The fourth-order valence-corrected chi connectivity index (χ4v) is 4.47. The van der Waals surface area contributed by atoms with Crippen LogP contribution in [0.5, 0.6) is 5.75 Å². The number of unbranched alkanes of at least 4 members (excludes halogenated alkanes) is 2. The van der Waals surface area contributed by atoms with E-state index in [2.05, 4.69) is 13.5 Å². The molecule has 5 heteroatoms. The predicted molar refractivity (Wildman–Crippen MR) is 122 cm³/mol. The van der Waals surface area contributed by atoms with Crippen LogP contribution >= 0.6 is 0 Å². The zero-order valence-corrected chi connectivity index (χ0v) is 18.7. The number of ether oxygens (including phenoxy) is 1. The van der Waals surface area contributed by atoms with Gasteiger partial charge in [-0.05, 0) is 66.8 Å². The summed E-state index contributed by atoms with van der Waals surface area (Å²) in [5.74, 6) is -1.20. The van der Waals surface area contributed by atoms with E-state index in [1.165, 1.54) is 50.7 Å². The van der Waals surface area contributed by atoms with E-state index in [0.29, 0.717) is 17.0 Å². The minimum atomic E-state index is -0.908. The van der Waals surface area contributed by atoms with Gasteiger partial charge in [0.05, 0.1) is 12.2 Å². The maximum atomic E-state index is 14.9. The molecule has 0 unspecified atom stereocenters. The van der Waals surface area contributed by atoms with Gasteiger partial charge in [0.25, 0.3) is 0 Å². The summed E-state index contributed by atoms with van der Waals surface area (Å²) in [5.41, 5.74) is 1.50. The largest absolute Gasteiger partial charge is 0.420 e. The molecule has 0 atom stereocenters. The molecule has 0 aromatic heterocycles. The average molecular weight is 443 g/mol. The molecule has 1 aliphatic carbocycles. The molecule has 3 nitrogen and oxygen atoms in total. The van der Waals surface area contributed by atoms with Gasteiger partial charge in [0.2, 0.25) is 0 Å². The van der Waals surface area contributed by atoms with Crippen molar-refractivity contribution >= 4 is 5.97 Å². The molecule has 1 fully saturated rings. The third-order valence-corrected chi connectivity index (χ3v) is 6.45. The average Bonchev–Trinajstić information content (AvgIpc) is 2.80. The minimum Gasteiger partial charge on any atom is -0.420 e. The van der Waals surface area contributed by atoms with E-state index in [1.54, 1.807) is 12.1 Å². The van der Waals surface area contributed by atoms with Crippen molar-refractivity contribution in [1.82, 2.24) is 0 Å². The Morgan fingerprint density at radius 3 is 2.44 bits per heavy atom. The van der Waals surface area contributed by atoms with Crippen LogP contribution in [0.15, 0.2) is 48.6 Å². The normalized spacial score (nSPS) is 18.4. The van der Waals surface area contributed by atoms with Crippen molar-refractivity contribution in [3.05, 3.63) is 65.7 Å². The van der Waals surface area contributed by atoms with Gasteiger partial charge in [-0.25, -0.2) is 13.6 Å². The van der Waals surface area contributed by atoms with Crippen LogP contribution in [0.2, 0.25) is 0 Å². The van der Waals surface area contributed by atoms with Crippen molar-refractivity contribution in [3.8, 4) is 16.9 Å². The van der Waals surface area contributed by atoms with Crippen molar-refractivity contribution in [2.75, 3.05) is 6.61 Å². The third kappa shape index (κ3) is 6.04. The Hall–Kier alpha value is -2.53. The Morgan fingerprint density at radius 1 is 1.06 bits per heavy atom. The standard InChI is InChI=1S/C27H32F2O3/c1-3-4-5-6-19-7-9-20(10-8-19)21-11-13-23(24(28)15-21)22-12-14-26(25(29)16-22)32-27(31)18(2)17-30/h11-16,19-20,30H,2-10,17H2,1H3. The molecule has 0 aliphatic heterocycles. The summed E-state index contributed by atoms with van der Waals surface area (Å²) in [4.78, 5) is 11.7. The maximum absolute atomic E-state index is 14.9. The Labute approximate surface area is 189 Å². The lowest BCUT2D eigenvalue weighted by Gasteiger charge is -2.29. The van der Waals surface area contributed by atoms with Crippen LogP contribution < -0.4 is 4.74 Å². The first kappa shape index (κ1) is 24.1. The number of halogens is 2. The molecule has 0 spiro atoms. The number of carbonyl (C=O) groups is 1. The van der Waals surface area contributed by atoms with E-state index in [4.69, 9.17) is 9.84 Å². The molecule has 2 aromatic carbocycles. The van der Waals surface area contributed by atoms with Crippen molar-refractivity contribution in [1.29, 1.82) is 0 Å². The van der Waals surface area contributed by atoms with Gasteiger partial charge in [-0.1, -0.05) is 57.4 Å².